The Hall–Kier alpha value is -1.36. The van der Waals surface area contributed by atoms with E-state index in [4.69, 9.17) is 9.84 Å². The molecule has 0 radical (unpaired) electrons. The first-order chi connectivity index (χ1) is 7.59. The largest absolute Gasteiger partial charge is 0.482 e. The second kappa shape index (κ2) is 4.25. The number of rotatable bonds is 3. The van der Waals surface area contributed by atoms with Gasteiger partial charge >= 0.3 is 5.97 Å². The van der Waals surface area contributed by atoms with Crippen molar-refractivity contribution in [3.05, 3.63) is 29.3 Å². The van der Waals surface area contributed by atoms with Gasteiger partial charge in [0, 0.05) is 11.1 Å². The van der Waals surface area contributed by atoms with Gasteiger partial charge < -0.3 is 9.84 Å². The Labute approximate surface area is 100 Å². The van der Waals surface area contributed by atoms with E-state index in [2.05, 4.69) is 15.9 Å². The first-order valence-corrected chi connectivity index (χ1v) is 5.66. The second-order valence-electron chi connectivity index (χ2n) is 3.50. The van der Waals surface area contributed by atoms with Gasteiger partial charge in [0.15, 0.2) is 12.4 Å². The van der Waals surface area contributed by atoms with E-state index < -0.39 is 12.6 Å². The molecule has 0 heterocycles. The van der Waals surface area contributed by atoms with E-state index in [1.54, 1.807) is 18.2 Å². The summed E-state index contributed by atoms with van der Waals surface area (Å²) in [5.74, 6) is -0.525. The van der Waals surface area contributed by atoms with Gasteiger partial charge in [0.05, 0.1) is 4.83 Å². The molecule has 0 spiro atoms. The summed E-state index contributed by atoms with van der Waals surface area (Å²) in [5.41, 5.74) is 1.40. The van der Waals surface area contributed by atoms with Crippen LogP contribution in [0.25, 0.3) is 0 Å². The smallest absolute Gasteiger partial charge is 0.341 e. The van der Waals surface area contributed by atoms with Crippen molar-refractivity contribution in [3.63, 3.8) is 0 Å². The van der Waals surface area contributed by atoms with E-state index in [1.807, 2.05) is 0 Å². The zero-order valence-corrected chi connectivity index (χ0v) is 9.86. The summed E-state index contributed by atoms with van der Waals surface area (Å²) in [6, 6.07) is 5.10. The predicted octanol–water partition coefficient (Wildman–Crippen LogP) is 1.65. The molecule has 16 heavy (non-hydrogen) atoms. The number of carboxylic acid groups (broad SMARTS) is 1. The number of Topliss-reactive ketones (excluding diaryl/α,β-unsaturated/α-hetero) is 1. The summed E-state index contributed by atoms with van der Waals surface area (Å²) in [7, 11) is 0. The van der Waals surface area contributed by atoms with E-state index in [0.29, 0.717) is 17.7 Å². The lowest BCUT2D eigenvalue weighted by Crippen LogP contribution is -2.10. The summed E-state index contributed by atoms with van der Waals surface area (Å²) >= 11 is 3.28. The highest BCUT2D eigenvalue weighted by molar-refractivity contribution is 9.10. The van der Waals surface area contributed by atoms with Crippen LogP contribution in [0.1, 0.15) is 15.9 Å². The van der Waals surface area contributed by atoms with Gasteiger partial charge in [0.2, 0.25) is 0 Å². The molecule has 0 fully saturated rings. The number of ether oxygens (including phenoxy) is 1. The van der Waals surface area contributed by atoms with E-state index in [0.717, 1.165) is 5.56 Å². The lowest BCUT2D eigenvalue weighted by Gasteiger charge is -2.07. The highest BCUT2D eigenvalue weighted by atomic mass is 79.9. The summed E-state index contributed by atoms with van der Waals surface area (Å²) in [6.45, 7) is -0.391. The number of alkyl halides is 1. The molecule has 1 aromatic carbocycles. The number of aliphatic carboxylic acids is 1. The molecular weight excluding hydrogens is 276 g/mol. The highest BCUT2D eigenvalue weighted by Crippen LogP contribution is 2.33. The monoisotopic (exact) mass is 284 g/mol. The number of halogens is 1. The van der Waals surface area contributed by atoms with Crippen molar-refractivity contribution in [1.29, 1.82) is 0 Å². The standard InChI is InChI=1S/C11H9BrO4/c12-8-4-7-6(11(8)15)2-1-3-9(7)16-5-10(13)14/h1-3,8H,4-5H2,(H,13,14). The van der Waals surface area contributed by atoms with Crippen molar-refractivity contribution in [3.8, 4) is 5.75 Å². The summed E-state index contributed by atoms with van der Waals surface area (Å²) in [5, 5.41) is 8.53. The Morgan fingerprint density at radius 1 is 1.56 bits per heavy atom. The van der Waals surface area contributed by atoms with E-state index >= 15 is 0 Å². The quantitative estimate of drug-likeness (QED) is 0.858. The van der Waals surface area contributed by atoms with Crippen LogP contribution >= 0.6 is 15.9 Å². The van der Waals surface area contributed by atoms with Gasteiger partial charge in [0.1, 0.15) is 5.75 Å². The van der Waals surface area contributed by atoms with Crippen molar-refractivity contribution < 1.29 is 19.4 Å². The van der Waals surface area contributed by atoms with Gasteiger partial charge in [-0.25, -0.2) is 4.79 Å². The molecule has 0 aromatic heterocycles. The molecule has 0 saturated heterocycles. The fraction of sp³-hybridized carbons (Fsp3) is 0.273. The van der Waals surface area contributed by atoms with E-state index in [-0.39, 0.29) is 10.6 Å². The van der Waals surface area contributed by atoms with Crippen LogP contribution in [-0.2, 0) is 11.2 Å². The number of hydrogen-bond acceptors (Lipinski definition) is 3. The molecule has 2 rings (SSSR count). The van der Waals surface area contributed by atoms with Crippen LogP contribution in [0.5, 0.6) is 5.75 Å². The zero-order valence-electron chi connectivity index (χ0n) is 8.27. The maximum absolute atomic E-state index is 11.7. The molecule has 1 aromatic rings. The third kappa shape index (κ3) is 1.95. The number of carboxylic acids is 1. The molecule has 1 atom stereocenters. The van der Waals surface area contributed by atoms with Crippen LogP contribution < -0.4 is 4.74 Å². The third-order valence-corrected chi connectivity index (χ3v) is 3.16. The Morgan fingerprint density at radius 3 is 3.00 bits per heavy atom. The third-order valence-electron chi connectivity index (χ3n) is 2.42. The summed E-state index contributed by atoms with van der Waals surface area (Å²) in [6.07, 6.45) is 0.546. The van der Waals surface area contributed by atoms with Crippen molar-refractivity contribution in [2.24, 2.45) is 0 Å². The molecular formula is C11H9BrO4. The fourth-order valence-electron chi connectivity index (χ4n) is 1.72. The molecule has 0 bridgehead atoms. The minimum atomic E-state index is -1.03. The average Bonchev–Trinajstić information content (AvgIpc) is 2.53. The lowest BCUT2D eigenvalue weighted by molar-refractivity contribution is -0.139. The molecule has 5 heteroatoms. The summed E-state index contributed by atoms with van der Waals surface area (Å²) < 4.78 is 5.13. The number of carbonyl (C=O) groups excluding carboxylic acids is 1. The highest BCUT2D eigenvalue weighted by Gasteiger charge is 2.30. The Bertz CT molecular complexity index is 455. The van der Waals surface area contributed by atoms with Crippen LogP contribution in [0.2, 0.25) is 0 Å². The Morgan fingerprint density at radius 2 is 2.31 bits per heavy atom. The molecule has 1 N–H and O–H groups in total. The van der Waals surface area contributed by atoms with Crippen molar-refractivity contribution in [2.45, 2.75) is 11.2 Å². The topological polar surface area (TPSA) is 63.6 Å². The first-order valence-electron chi connectivity index (χ1n) is 4.74. The average molecular weight is 285 g/mol. The molecule has 1 unspecified atom stereocenters. The Kier molecular flexibility index (Phi) is 2.96. The van der Waals surface area contributed by atoms with Crippen molar-refractivity contribution in [1.82, 2.24) is 0 Å². The number of benzene rings is 1. The molecule has 4 nitrogen and oxygen atoms in total. The van der Waals surface area contributed by atoms with Gasteiger partial charge in [0.25, 0.3) is 0 Å². The number of carbonyl (C=O) groups is 2. The minimum Gasteiger partial charge on any atom is -0.482 e. The normalized spacial score (nSPS) is 18.3. The second-order valence-corrected chi connectivity index (χ2v) is 4.61. The van der Waals surface area contributed by atoms with Crippen LogP contribution in [0.4, 0.5) is 0 Å². The van der Waals surface area contributed by atoms with Crippen LogP contribution in [-0.4, -0.2) is 28.3 Å². The zero-order chi connectivity index (χ0) is 11.7. The maximum atomic E-state index is 11.7. The van der Waals surface area contributed by atoms with Crippen molar-refractivity contribution in [2.75, 3.05) is 6.61 Å². The molecule has 0 amide bonds. The number of hydrogen-bond donors (Lipinski definition) is 1. The van der Waals surface area contributed by atoms with E-state index in [1.165, 1.54) is 0 Å². The van der Waals surface area contributed by atoms with Gasteiger partial charge in [-0.3, -0.25) is 4.79 Å². The number of fused-ring (bicyclic) bond motifs is 1. The van der Waals surface area contributed by atoms with Crippen molar-refractivity contribution >= 4 is 27.7 Å². The van der Waals surface area contributed by atoms with Crippen LogP contribution in [0.3, 0.4) is 0 Å². The van der Waals surface area contributed by atoms with E-state index in [9.17, 15) is 9.59 Å². The maximum Gasteiger partial charge on any atom is 0.341 e. The fourth-order valence-corrected chi connectivity index (χ4v) is 2.29. The SMILES string of the molecule is O=C(O)COc1cccc2c1CC(Br)C2=O. The molecule has 0 aliphatic heterocycles. The molecule has 0 saturated carbocycles. The van der Waals surface area contributed by atoms with Crippen LogP contribution in [0, 0.1) is 0 Å². The first kappa shape index (κ1) is 11.1. The number of ketones is 1. The van der Waals surface area contributed by atoms with Gasteiger partial charge in [-0.15, -0.1) is 0 Å². The molecule has 84 valence electrons. The molecule has 1 aliphatic rings. The van der Waals surface area contributed by atoms with Gasteiger partial charge in [-0.2, -0.15) is 0 Å². The summed E-state index contributed by atoms with van der Waals surface area (Å²) in [4.78, 5) is 21.8. The Balaban J connectivity index is 2.29. The van der Waals surface area contributed by atoms with Crippen LogP contribution in [0.15, 0.2) is 18.2 Å². The molecule has 1 aliphatic carbocycles. The lowest BCUT2D eigenvalue weighted by atomic mass is 10.1. The minimum absolute atomic E-state index is 0.0239. The predicted molar refractivity (Wildman–Crippen MR) is 60.3 cm³/mol. The van der Waals surface area contributed by atoms with Gasteiger partial charge in [-0.05, 0) is 12.5 Å². The van der Waals surface area contributed by atoms with Gasteiger partial charge in [-0.1, -0.05) is 28.1 Å².